The van der Waals surface area contributed by atoms with Crippen molar-refractivity contribution >= 4 is 11.6 Å². The van der Waals surface area contributed by atoms with E-state index in [9.17, 15) is 18.0 Å². The molecular weight excluding hydrogens is 429 g/mol. The Hall–Kier alpha value is -2.27. The van der Waals surface area contributed by atoms with Crippen LogP contribution in [0.5, 0.6) is 0 Å². The lowest BCUT2D eigenvalue weighted by Crippen LogP contribution is -2.42. The van der Waals surface area contributed by atoms with E-state index in [1.807, 2.05) is 4.90 Å². The number of halogens is 3. The highest BCUT2D eigenvalue weighted by Gasteiger charge is 2.42. The summed E-state index contributed by atoms with van der Waals surface area (Å²) >= 11 is 0. The van der Waals surface area contributed by atoms with E-state index < -0.39 is 17.3 Å². The van der Waals surface area contributed by atoms with Gasteiger partial charge in [-0.1, -0.05) is 19.3 Å². The normalized spacial score (nSPS) is 25.8. The molecule has 0 bridgehead atoms. The molecule has 2 N–H and O–H groups in total. The van der Waals surface area contributed by atoms with Gasteiger partial charge in [0.2, 0.25) is 5.91 Å². The molecule has 1 amide bonds. The molecular formula is C25H33F3N4O. The maximum atomic E-state index is 13.4. The molecule has 0 spiro atoms. The first kappa shape index (κ1) is 23.9. The Kier molecular flexibility index (Phi) is 7.18. The number of primary amides is 1. The van der Waals surface area contributed by atoms with Crippen LogP contribution in [0.2, 0.25) is 0 Å². The Morgan fingerprint density at radius 3 is 2.39 bits per heavy atom. The van der Waals surface area contributed by atoms with Crippen molar-refractivity contribution in [3.63, 3.8) is 0 Å². The van der Waals surface area contributed by atoms with Crippen LogP contribution in [0.4, 0.5) is 18.9 Å². The third-order valence-corrected chi connectivity index (χ3v) is 8.00. The summed E-state index contributed by atoms with van der Waals surface area (Å²) in [6.45, 7) is 4.03. The van der Waals surface area contributed by atoms with Gasteiger partial charge in [-0.2, -0.15) is 18.4 Å². The lowest BCUT2D eigenvalue weighted by atomic mass is 9.78. The topological polar surface area (TPSA) is 73.4 Å². The summed E-state index contributed by atoms with van der Waals surface area (Å²) in [4.78, 5) is 16.6. The van der Waals surface area contributed by atoms with Crippen molar-refractivity contribution in [2.75, 3.05) is 37.6 Å². The van der Waals surface area contributed by atoms with Crippen molar-refractivity contribution < 1.29 is 18.0 Å². The molecule has 1 aromatic carbocycles. The number of rotatable bonds is 5. The SMILES string of the molecule is N#Cc1ccc(N2C[C@@H](C(N)=O)[C@H](C3CCN(CC4CCCCC4)CC3)C2)cc1C(F)(F)F. The van der Waals surface area contributed by atoms with Gasteiger partial charge < -0.3 is 15.5 Å². The maximum Gasteiger partial charge on any atom is 0.417 e. The average molecular weight is 463 g/mol. The van der Waals surface area contributed by atoms with Crippen LogP contribution in [0.3, 0.4) is 0 Å². The molecule has 2 aliphatic heterocycles. The van der Waals surface area contributed by atoms with Gasteiger partial charge in [-0.3, -0.25) is 4.79 Å². The number of alkyl halides is 3. The zero-order valence-electron chi connectivity index (χ0n) is 19.0. The Morgan fingerprint density at radius 2 is 1.79 bits per heavy atom. The second kappa shape index (κ2) is 9.92. The van der Waals surface area contributed by atoms with Gasteiger partial charge in [-0.05, 0) is 74.7 Å². The van der Waals surface area contributed by atoms with E-state index in [-0.39, 0.29) is 17.7 Å². The fourth-order valence-corrected chi connectivity index (χ4v) is 6.18. The van der Waals surface area contributed by atoms with E-state index in [0.717, 1.165) is 44.5 Å². The van der Waals surface area contributed by atoms with Gasteiger partial charge in [0, 0.05) is 25.3 Å². The van der Waals surface area contributed by atoms with Crippen molar-refractivity contribution in [3.05, 3.63) is 29.3 Å². The second-order valence-corrected chi connectivity index (χ2v) is 10.1. The minimum Gasteiger partial charge on any atom is -0.370 e. The number of anilines is 1. The number of likely N-dealkylation sites (tertiary alicyclic amines) is 1. The third kappa shape index (κ3) is 5.46. The van der Waals surface area contributed by atoms with Gasteiger partial charge in [-0.25, -0.2) is 0 Å². The number of carbonyl (C=O) groups excluding carboxylic acids is 1. The summed E-state index contributed by atoms with van der Waals surface area (Å²) in [5.41, 5.74) is 4.80. The van der Waals surface area contributed by atoms with Gasteiger partial charge in [0.05, 0.1) is 23.1 Å². The van der Waals surface area contributed by atoms with E-state index in [4.69, 9.17) is 11.0 Å². The zero-order chi connectivity index (χ0) is 23.6. The molecule has 0 unspecified atom stereocenters. The molecule has 1 aliphatic carbocycles. The number of benzene rings is 1. The van der Waals surface area contributed by atoms with Crippen molar-refractivity contribution in [1.29, 1.82) is 5.26 Å². The van der Waals surface area contributed by atoms with E-state index in [1.165, 1.54) is 38.2 Å². The van der Waals surface area contributed by atoms with Crippen LogP contribution < -0.4 is 10.6 Å². The predicted octanol–water partition coefficient (Wildman–Crippen LogP) is 4.41. The lowest BCUT2D eigenvalue weighted by Gasteiger charge is -2.38. The van der Waals surface area contributed by atoms with Gasteiger partial charge in [0.25, 0.3) is 0 Å². The average Bonchev–Trinajstić information content (AvgIpc) is 3.25. The molecule has 1 saturated carbocycles. The predicted molar refractivity (Wildman–Crippen MR) is 120 cm³/mol. The van der Waals surface area contributed by atoms with E-state index in [1.54, 1.807) is 12.1 Å². The Labute approximate surface area is 193 Å². The van der Waals surface area contributed by atoms with Crippen molar-refractivity contribution in [3.8, 4) is 6.07 Å². The van der Waals surface area contributed by atoms with Crippen molar-refractivity contribution in [2.45, 2.75) is 51.1 Å². The summed E-state index contributed by atoms with van der Waals surface area (Å²) in [5, 5.41) is 9.06. The van der Waals surface area contributed by atoms with Gasteiger partial charge in [0.1, 0.15) is 0 Å². The molecule has 0 radical (unpaired) electrons. The first-order valence-corrected chi connectivity index (χ1v) is 12.1. The quantitative estimate of drug-likeness (QED) is 0.704. The van der Waals surface area contributed by atoms with Crippen LogP contribution in [-0.2, 0) is 11.0 Å². The minimum absolute atomic E-state index is 0.0457. The lowest BCUT2D eigenvalue weighted by molar-refractivity contribution is -0.137. The van der Waals surface area contributed by atoms with Crippen LogP contribution in [0.1, 0.15) is 56.1 Å². The second-order valence-electron chi connectivity index (χ2n) is 10.1. The highest BCUT2D eigenvalue weighted by atomic mass is 19.4. The number of nitrogens with zero attached hydrogens (tertiary/aromatic N) is 3. The van der Waals surface area contributed by atoms with E-state index in [2.05, 4.69) is 4.90 Å². The highest BCUT2D eigenvalue weighted by Crippen LogP contribution is 2.40. The van der Waals surface area contributed by atoms with Crippen LogP contribution >= 0.6 is 0 Å². The van der Waals surface area contributed by atoms with E-state index >= 15 is 0 Å². The fraction of sp³-hybridized carbons (Fsp3) is 0.680. The smallest absolute Gasteiger partial charge is 0.370 e. The molecule has 33 heavy (non-hydrogen) atoms. The fourth-order valence-electron chi connectivity index (χ4n) is 6.18. The largest absolute Gasteiger partial charge is 0.417 e. The van der Waals surface area contributed by atoms with Crippen LogP contribution in [0.15, 0.2) is 18.2 Å². The molecule has 180 valence electrons. The van der Waals surface area contributed by atoms with Gasteiger partial charge in [0.15, 0.2) is 0 Å². The maximum absolute atomic E-state index is 13.4. The number of hydrogen-bond acceptors (Lipinski definition) is 4. The molecule has 8 heteroatoms. The van der Waals surface area contributed by atoms with Crippen molar-refractivity contribution in [2.24, 2.45) is 29.4 Å². The molecule has 3 aliphatic rings. The van der Waals surface area contributed by atoms with E-state index in [0.29, 0.717) is 24.7 Å². The Bertz CT molecular complexity index is 883. The molecule has 2 heterocycles. The van der Waals surface area contributed by atoms with Crippen LogP contribution in [0, 0.1) is 35.0 Å². The molecule has 2 saturated heterocycles. The number of nitriles is 1. The molecule has 4 rings (SSSR count). The molecule has 2 atom stereocenters. The molecule has 1 aromatic rings. The number of piperidine rings is 1. The summed E-state index contributed by atoms with van der Waals surface area (Å²) in [6, 6.07) is 5.42. The summed E-state index contributed by atoms with van der Waals surface area (Å²) in [5.74, 6) is 0.441. The zero-order valence-corrected chi connectivity index (χ0v) is 19.0. The van der Waals surface area contributed by atoms with Crippen molar-refractivity contribution in [1.82, 2.24) is 4.90 Å². The monoisotopic (exact) mass is 462 g/mol. The Balaban J connectivity index is 1.43. The molecule has 0 aromatic heterocycles. The number of hydrogen-bond donors (Lipinski definition) is 1. The Morgan fingerprint density at radius 1 is 1.09 bits per heavy atom. The molecule has 3 fully saturated rings. The number of amides is 1. The summed E-state index contributed by atoms with van der Waals surface area (Å²) in [6.07, 6.45) is 4.07. The van der Waals surface area contributed by atoms with Gasteiger partial charge >= 0.3 is 6.18 Å². The first-order chi connectivity index (χ1) is 15.8. The van der Waals surface area contributed by atoms with Gasteiger partial charge in [-0.15, -0.1) is 0 Å². The summed E-state index contributed by atoms with van der Waals surface area (Å²) in [7, 11) is 0. The third-order valence-electron chi connectivity index (χ3n) is 8.00. The highest BCUT2D eigenvalue weighted by molar-refractivity contribution is 5.79. The first-order valence-electron chi connectivity index (χ1n) is 12.1. The minimum atomic E-state index is -4.60. The summed E-state index contributed by atoms with van der Waals surface area (Å²) < 4.78 is 40.3. The number of nitrogens with two attached hydrogens (primary N) is 1. The van der Waals surface area contributed by atoms with Crippen LogP contribution in [-0.4, -0.2) is 43.5 Å². The molecule has 5 nitrogen and oxygen atoms in total. The standard InChI is InChI=1S/C25H33F3N4O/c26-25(27,28)23-12-20(7-6-19(23)13-29)32-15-21(22(16-32)24(30)33)18-8-10-31(11-9-18)14-17-4-2-1-3-5-17/h6-7,12,17-18,21-22H,1-5,8-11,14-16H2,(H2,30,33)/t21-,22+/m0/s1. The van der Waals surface area contributed by atoms with Crippen LogP contribution in [0.25, 0.3) is 0 Å². The number of carbonyl (C=O) groups is 1.